The molecular weight excluding hydrogens is 308 g/mol. The minimum Gasteiger partial charge on any atom is -0.481 e. The van der Waals surface area contributed by atoms with Gasteiger partial charge in [0.2, 0.25) is 11.8 Å². The molecule has 1 aromatic carbocycles. The van der Waals surface area contributed by atoms with Gasteiger partial charge in [-0.25, -0.2) is 9.78 Å². The molecule has 7 heteroatoms. The summed E-state index contributed by atoms with van der Waals surface area (Å²) in [4.78, 5) is 29.1. The number of amides is 3. The third kappa shape index (κ3) is 4.34. The fourth-order valence-electron chi connectivity index (χ4n) is 2.40. The molecule has 0 unspecified atom stereocenters. The number of aromatic nitrogens is 1. The molecule has 0 aliphatic carbocycles. The van der Waals surface area contributed by atoms with Crippen molar-refractivity contribution in [2.75, 3.05) is 20.2 Å². The molecule has 0 fully saturated rings. The third-order valence-electron chi connectivity index (χ3n) is 3.71. The lowest BCUT2D eigenvalue weighted by atomic mass is 10.1. The number of carbonyl (C=O) groups excluding carboxylic acids is 2. The van der Waals surface area contributed by atoms with E-state index in [1.54, 1.807) is 12.0 Å². The molecule has 128 valence electrons. The first kappa shape index (κ1) is 17.5. The Balaban J connectivity index is 2.11. The van der Waals surface area contributed by atoms with Gasteiger partial charge in [-0.2, -0.15) is 0 Å². The molecule has 0 bridgehead atoms. The summed E-state index contributed by atoms with van der Waals surface area (Å²) >= 11 is 0. The number of para-hydroxylation sites is 1. The number of hydrogen-bond donors (Lipinski definition) is 2. The van der Waals surface area contributed by atoms with E-state index in [1.165, 1.54) is 0 Å². The van der Waals surface area contributed by atoms with Gasteiger partial charge in [-0.1, -0.05) is 18.2 Å². The summed E-state index contributed by atoms with van der Waals surface area (Å²) < 4.78 is 5.22. The summed E-state index contributed by atoms with van der Waals surface area (Å²) in [6, 6.07) is 9.25. The van der Waals surface area contributed by atoms with Crippen LogP contribution in [-0.2, 0) is 11.3 Å². The van der Waals surface area contributed by atoms with Crippen molar-refractivity contribution in [3.63, 3.8) is 0 Å². The Labute approximate surface area is 140 Å². The quantitative estimate of drug-likeness (QED) is 0.806. The van der Waals surface area contributed by atoms with Crippen molar-refractivity contribution in [2.24, 2.45) is 5.73 Å². The number of methoxy groups -OCH3 is 1. The van der Waals surface area contributed by atoms with E-state index >= 15 is 0 Å². The average molecular weight is 330 g/mol. The summed E-state index contributed by atoms with van der Waals surface area (Å²) in [6.07, 6.45) is 0.146. The van der Waals surface area contributed by atoms with Gasteiger partial charge in [0, 0.05) is 37.5 Å². The molecular formula is C17H22N4O3. The monoisotopic (exact) mass is 330 g/mol. The zero-order valence-corrected chi connectivity index (χ0v) is 13.9. The zero-order chi connectivity index (χ0) is 17.5. The number of nitrogens with one attached hydrogen (secondary N) is 1. The van der Waals surface area contributed by atoms with Crippen LogP contribution in [0.3, 0.4) is 0 Å². The molecule has 3 amide bonds. The number of benzene rings is 1. The first-order valence-electron chi connectivity index (χ1n) is 7.79. The van der Waals surface area contributed by atoms with Crippen molar-refractivity contribution in [2.45, 2.75) is 19.9 Å². The lowest BCUT2D eigenvalue weighted by Gasteiger charge is -2.21. The van der Waals surface area contributed by atoms with Crippen LogP contribution in [0.15, 0.2) is 30.3 Å². The Bertz CT molecular complexity index is 733. The van der Waals surface area contributed by atoms with E-state index < -0.39 is 5.91 Å². The second-order valence-electron chi connectivity index (χ2n) is 5.30. The molecule has 0 radical (unpaired) electrons. The van der Waals surface area contributed by atoms with Crippen LogP contribution in [0.5, 0.6) is 5.88 Å². The van der Waals surface area contributed by atoms with Gasteiger partial charge >= 0.3 is 6.03 Å². The van der Waals surface area contributed by atoms with Crippen LogP contribution in [0.4, 0.5) is 4.79 Å². The standard InChI is InChI=1S/C17H22N4O3/c1-3-21(9-8-15(18)22)17(23)19-11-12-10-16(24-2)20-14-7-5-4-6-13(12)14/h4-7,10H,3,8-9,11H2,1-2H3,(H2,18,22)(H,19,23). The number of nitrogens with two attached hydrogens (primary N) is 1. The van der Waals surface area contributed by atoms with Crippen molar-refractivity contribution < 1.29 is 14.3 Å². The molecule has 0 saturated heterocycles. The highest BCUT2D eigenvalue weighted by Gasteiger charge is 2.13. The van der Waals surface area contributed by atoms with Crippen LogP contribution in [0.2, 0.25) is 0 Å². The van der Waals surface area contributed by atoms with E-state index in [-0.39, 0.29) is 12.5 Å². The summed E-state index contributed by atoms with van der Waals surface area (Å²) in [6.45, 7) is 2.99. The van der Waals surface area contributed by atoms with Crippen molar-refractivity contribution in [1.29, 1.82) is 0 Å². The van der Waals surface area contributed by atoms with E-state index in [0.717, 1.165) is 16.5 Å². The van der Waals surface area contributed by atoms with Crippen LogP contribution >= 0.6 is 0 Å². The molecule has 7 nitrogen and oxygen atoms in total. The van der Waals surface area contributed by atoms with Gasteiger partial charge in [-0.3, -0.25) is 4.79 Å². The van der Waals surface area contributed by atoms with Gasteiger partial charge in [0.15, 0.2) is 0 Å². The molecule has 24 heavy (non-hydrogen) atoms. The van der Waals surface area contributed by atoms with Crippen molar-refractivity contribution in [1.82, 2.24) is 15.2 Å². The van der Waals surface area contributed by atoms with Crippen LogP contribution < -0.4 is 15.8 Å². The Hall–Kier alpha value is -2.83. The average Bonchev–Trinajstić information content (AvgIpc) is 2.59. The summed E-state index contributed by atoms with van der Waals surface area (Å²) in [5.41, 5.74) is 6.86. The molecule has 1 heterocycles. The van der Waals surface area contributed by atoms with E-state index in [2.05, 4.69) is 10.3 Å². The maximum absolute atomic E-state index is 12.3. The lowest BCUT2D eigenvalue weighted by Crippen LogP contribution is -2.41. The molecule has 0 spiro atoms. The largest absolute Gasteiger partial charge is 0.481 e. The maximum Gasteiger partial charge on any atom is 0.317 e. The number of rotatable bonds is 7. The normalized spacial score (nSPS) is 10.4. The first-order chi connectivity index (χ1) is 11.5. The zero-order valence-electron chi connectivity index (χ0n) is 13.9. The number of urea groups is 1. The van der Waals surface area contributed by atoms with Crippen molar-refractivity contribution in [3.8, 4) is 5.88 Å². The van der Waals surface area contributed by atoms with Crippen LogP contribution in [0.25, 0.3) is 10.9 Å². The second-order valence-corrected chi connectivity index (χ2v) is 5.30. The Morgan fingerprint density at radius 2 is 2.08 bits per heavy atom. The molecule has 2 aromatic rings. The SMILES string of the molecule is CCN(CCC(N)=O)C(=O)NCc1cc(OC)nc2ccccc12. The van der Waals surface area contributed by atoms with Gasteiger partial charge in [-0.15, -0.1) is 0 Å². The maximum atomic E-state index is 12.3. The summed E-state index contributed by atoms with van der Waals surface area (Å²) in [7, 11) is 1.56. The fraction of sp³-hybridized carbons (Fsp3) is 0.353. The van der Waals surface area contributed by atoms with Gasteiger partial charge in [0.05, 0.1) is 12.6 Å². The Kier molecular flexibility index (Phi) is 5.95. The number of pyridine rings is 1. The van der Waals surface area contributed by atoms with Crippen molar-refractivity contribution >= 4 is 22.8 Å². The van der Waals surface area contributed by atoms with E-state index in [9.17, 15) is 9.59 Å². The third-order valence-corrected chi connectivity index (χ3v) is 3.71. The van der Waals surface area contributed by atoms with Crippen LogP contribution in [0.1, 0.15) is 18.9 Å². The van der Waals surface area contributed by atoms with Crippen molar-refractivity contribution in [3.05, 3.63) is 35.9 Å². The predicted octanol–water partition coefficient (Wildman–Crippen LogP) is 1.65. The first-order valence-corrected chi connectivity index (χ1v) is 7.79. The Morgan fingerprint density at radius 1 is 1.33 bits per heavy atom. The fourth-order valence-corrected chi connectivity index (χ4v) is 2.40. The van der Waals surface area contributed by atoms with Crippen LogP contribution in [0, 0.1) is 0 Å². The second kappa shape index (κ2) is 8.14. The van der Waals surface area contributed by atoms with E-state index in [4.69, 9.17) is 10.5 Å². The topological polar surface area (TPSA) is 97.5 Å². The molecule has 0 aliphatic rings. The van der Waals surface area contributed by atoms with E-state index in [0.29, 0.717) is 25.5 Å². The number of hydrogen-bond acceptors (Lipinski definition) is 4. The van der Waals surface area contributed by atoms with Gasteiger partial charge in [-0.05, 0) is 18.6 Å². The number of nitrogens with zero attached hydrogens (tertiary/aromatic N) is 2. The highest BCUT2D eigenvalue weighted by molar-refractivity contribution is 5.83. The molecule has 2 rings (SSSR count). The number of primary amides is 1. The Morgan fingerprint density at radius 3 is 2.75 bits per heavy atom. The molecule has 3 N–H and O–H groups in total. The van der Waals surface area contributed by atoms with Crippen LogP contribution in [-0.4, -0.2) is 42.0 Å². The summed E-state index contributed by atoms with van der Waals surface area (Å²) in [5.74, 6) is 0.0742. The minimum atomic E-state index is -0.425. The highest BCUT2D eigenvalue weighted by atomic mass is 16.5. The molecule has 0 aliphatic heterocycles. The highest BCUT2D eigenvalue weighted by Crippen LogP contribution is 2.21. The predicted molar refractivity (Wildman–Crippen MR) is 91.6 cm³/mol. The number of ether oxygens (including phenoxy) is 1. The summed E-state index contributed by atoms with van der Waals surface area (Å²) in [5, 5.41) is 3.83. The van der Waals surface area contributed by atoms with Gasteiger partial charge in [0.25, 0.3) is 0 Å². The molecule has 0 saturated carbocycles. The smallest absolute Gasteiger partial charge is 0.317 e. The van der Waals surface area contributed by atoms with Gasteiger partial charge in [0.1, 0.15) is 0 Å². The van der Waals surface area contributed by atoms with E-state index in [1.807, 2.05) is 37.3 Å². The lowest BCUT2D eigenvalue weighted by molar-refractivity contribution is -0.118. The minimum absolute atomic E-state index is 0.146. The number of carbonyl (C=O) groups is 2. The molecule has 1 aromatic heterocycles. The number of fused-ring (bicyclic) bond motifs is 1. The van der Waals surface area contributed by atoms with Gasteiger partial charge < -0.3 is 20.7 Å². The molecule has 0 atom stereocenters.